The molecular weight excluding hydrogens is 578 g/mol. The number of anilines is 1. The van der Waals surface area contributed by atoms with Crippen molar-refractivity contribution < 1.29 is 31.2 Å². The van der Waals surface area contributed by atoms with Crippen LogP contribution in [-0.4, -0.2) is 50.5 Å². The number of halogens is 6. The Bertz CT molecular complexity index is 1260. The van der Waals surface area contributed by atoms with Crippen molar-refractivity contribution in [2.24, 2.45) is 0 Å². The molecular formula is C23H25Cl3F3N3O4S. The van der Waals surface area contributed by atoms with E-state index in [1.807, 2.05) is 6.92 Å². The van der Waals surface area contributed by atoms with Crippen LogP contribution in [0.4, 0.5) is 18.9 Å². The molecule has 2 aromatic rings. The fourth-order valence-electron chi connectivity index (χ4n) is 3.31. The van der Waals surface area contributed by atoms with Crippen LogP contribution in [0.1, 0.15) is 31.4 Å². The van der Waals surface area contributed by atoms with Gasteiger partial charge in [-0.05, 0) is 49.2 Å². The molecule has 0 aliphatic rings. The van der Waals surface area contributed by atoms with Crippen LogP contribution in [0.25, 0.3) is 0 Å². The molecule has 0 unspecified atom stereocenters. The summed E-state index contributed by atoms with van der Waals surface area (Å²) in [6, 6.07) is 6.03. The largest absolute Gasteiger partial charge is 0.417 e. The van der Waals surface area contributed by atoms with Crippen molar-refractivity contribution in [2.45, 2.75) is 39.0 Å². The zero-order chi connectivity index (χ0) is 28.1. The Kier molecular flexibility index (Phi) is 10.5. The summed E-state index contributed by atoms with van der Waals surface area (Å²) in [5, 5.41) is 2.51. The molecule has 2 rings (SSSR count). The summed E-state index contributed by atoms with van der Waals surface area (Å²) in [4.78, 5) is 27.2. The van der Waals surface area contributed by atoms with Crippen LogP contribution in [0.5, 0.6) is 0 Å². The summed E-state index contributed by atoms with van der Waals surface area (Å²) in [5.41, 5.74) is -1.17. The van der Waals surface area contributed by atoms with E-state index in [4.69, 9.17) is 34.8 Å². The molecule has 0 aromatic heterocycles. The molecule has 0 aliphatic heterocycles. The highest BCUT2D eigenvalue weighted by Crippen LogP contribution is 2.37. The summed E-state index contributed by atoms with van der Waals surface area (Å²) in [5.74, 6) is -1.33. The van der Waals surface area contributed by atoms with E-state index in [0.717, 1.165) is 23.3 Å². The molecule has 1 N–H and O–H groups in total. The zero-order valence-corrected chi connectivity index (χ0v) is 23.2. The number of nitrogens with zero attached hydrogens (tertiary/aromatic N) is 2. The SMILES string of the molecule is CCCNC(=O)[C@H](C)N(Cc1ccc(Cl)c(Cl)c1)C(=O)CN(c1ccc(Cl)c(C(F)(F)F)c1)S(C)(=O)=O. The third kappa shape index (κ3) is 8.39. The van der Waals surface area contributed by atoms with Gasteiger partial charge in [0.05, 0.1) is 32.6 Å². The van der Waals surface area contributed by atoms with Crippen molar-refractivity contribution >= 4 is 62.3 Å². The van der Waals surface area contributed by atoms with E-state index in [2.05, 4.69) is 5.32 Å². The van der Waals surface area contributed by atoms with Gasteiger partial charge in [-0.3, -0.25) is 13.9 Å². The quantitative estimate of drug-likeness (QED) is 0.396. The molecule has 0 radical (unpaired) electrons. The minimum absolute atomic E-state index is 0.150. The number of rotatable bonds is 10. The van der Waals surface area contributed by atoms with Gasteiger partial charge < -0.3 is 10.2 Å². The Balaban J connectivity index is 2.48. The maximum absolute atomic E-state index is 13.4. The summed E-state index contributed by atoms with van der Waals surface area (Å²) < 4.78 is 65.8. The Labute approximate surface area is 228 Å². The van der Waals surface area contributed by atoms with Crippen molar-refractivity contribution in [2.75, 3.05) is 23.7 Å². The van der Waals surface area contributed by atoms with Crippen LogP contribution in [-0.2, 0) is 32.3 Å². The van der Waals surface area contributed by atoms with E-state index in [-0.39, 0.29) is 16.6 Å². The predicted octanol–water partition coefficient (Wildman–Crippen LogP) is 5.38. The molecule has 204 valence electrons. The molecule has 0 heterocycles. The standard InChI is InChI=1S/C23H25Cl3F3N3O4S/c1-4-9-30-22(34)14(2)31(12-15-5-7-19(25)20(26)10-15)21(33)13-32(37(3,35)36)16-6-8-18(24)17(11-16)23(27,28)29/h5-8,10-11,14H,4,9,12-13H2,1-3H3,(H,30,34)/t14-/m0/s1. The minimum atomic E-state index is -4.86. The smallest absolute Gasteiger partial charge is 0.354 e. The van der Waals surface area contributed by atoms with Crippen LogP contribution in [0.15, 0.2) is 36.4 Å². The highest BCUT2D eigenvalue weighted by molar-refractivity contribution is 7.92. The second-order valence-corrected chi connectivity index (χ2v) is 11.3. The average Bonchev–Trinajstić information content (AvgIpc) is 2.80. The summed E-state index contributed by atoms with van der Waals surface area (Å²) in [6.07, 6.45) is -3.46. The van der Waals surface area contributed by atoms with Gasteiger partial charge in [0.1, 0.15) is 12.6 Å². The molecule has 0 bridgehead atoms. The Morgan fingerprint density at radius 3 is 2.19 bits per heavy atom. The predicted molar refractivity (Wildman–Crippen MR) is 138 cm³/mol. The van der Waals surface area contributed by atoms with Crippen LogP contribution in [0.3, 0.4) is 0 Å². The van der Waals surface area contributed by atoms with Gasteiger partial charge in [0.2, 0.25) is 21.8 Å². The number of sulfonamides is 1. The number of alkyl halides is 3. The second-order valence-electron chi connectivity index (χ2n) is 8.17. The van der Waals surface area contributed by atoms with Crippen molar-refractivity contribution in [3.05, 3.63) is 62.6 Å². The monoisotopic (exact) mass is 601 g/mol. The van der Waals surface area contributed by atoms with Gasteiger partial charge >= 0.3 is 6.18 Å². The van der Waals surface area contributed by atoms with Gasteiger partial charge in [0.25, 0.3) is 0 Å². The van der Waals surface area contributed by atoms with Gasteiger partial charge in [-0.1, -0.05) is 47.8 Å². The van der Waals surface area contributed by atoms with Gasteiger partial charge in [-0.15, -0.1) is 0 Å². The van der Waals surface area contributed by atoms with Crippen LogP contribution in [0, 0.1) is 0 Å². The molecule has 0 saturated heterocycles. The Hall–Kier alpha value is -2.21. The van der Waals surface area contributed by atoms with Gasteiger partial charge in [0, 0.05) is 13.1 Å². The van der Waals surface area contributed by atoms with Crippen LogP contribution in [0.2, 0.25) is 15.1 Å². The van der Waals surface area contributed by atoms with Crippen molar-refractivity contribution in [3.8, 4) is 0 Å². The molecule has 0 spiro atoms. The number of hydrogen-bond acceptors (Lipinski definition) is 4. The highest BCUT2D eigenvalue weighted by Gasteiger charge is 2.35. The minimum Gasteiger partial charge on any atom is -0.354 e. The summed E-state index contributed by atoms with van der Waals surface area (Å²) in [7, 11) is -4.23. The van der Waals surface area contributed by atoms with Crippen molar-refractivity contribution in [3.63, 3.8) is 0 Å². The maximum Gasteiger partial charge on any atom is 0.417 e. The van der Waals surface area contributed by atoms with E-state index in [9.17, 15) is 31.2 Å². The topological polar surface area (TPSA) is 86.8 Å². The first-order valence-electron chi connectivity index (χ1n) is 10.9. The van der Waals surface area contributed by atoms with E-state index in [1.165, 1.54) is 19.1 Å². The first-order valence-corrected chi connectivity index (χ1v) is 13.9. The fraction of sp³-hybridized carbons (Fsp3) is 0.391. The summed E-state index contributed by atoms with van der Waals surface area (Å²) >= 11 is 17.7. The molecule has 2 aromatic carbocycles. The Morgan fingerprint density at radius 2 is 1.65 bits per heavy atom. The van der Waals surface area contributed by atoms with Crippen molar-refractivity contribution in [1.29, 1.82) is 0 Å². The molecule has 37 heavy (non-hydrogen) atoms. The molecule has 7 nitrogen and oxygen atoms in total. The lowest BCUT2D eigenvalue weighted by Gasteiger charge is -2.31. The molecule has 2 amide bonds. The van der Waals surface area contributed by atoms with E-state index in [0.29, 0.717) is 28.9 Å². The van der Waals surface area contributed by atoms with Gasteiger partial charge in [-0.25, -0.2) is 8.42 Å². The molecule has 14 heteroatoms. The maximum atomic E-state index is 13.4. The number of carbonyl (C=O) groups excluding carboxylic acids is 2. The summed E-state index contributed by atoms with van der Waals surface area (Å²) in [6.45, 7) is 2.62. The Morgan fingerprint density at radius 1 is 1.03 bits per heavy atom. The number of benzene rings is 2. The lowest BCUT2D eigenvalue weighted by atomic mass is 10.1. The third-order valence-electron chi connectivity index (χ3n) is 5.28. The first-order chi connectivity index (χ1) is 17.1. The lowest BCUT2D eigenvalue weighted by molar-refractivity contribution is -0.139. The number of nitrogens with one attached hydrogen (secondary N) is 1. The molecule has 0 fully saturated rings. The van der Waals surface area contributed by atoms with E-state index >= 15 is 0 Å². The van der Waals surface area contributed by atoms with Gasteiger partial charge in [0.15, 0.2) is 0 Å². The second kappa shape index (κ2) is 12.6. The lowest BCUT2D eigenvalue weighted by Crippen LogP contribution is -2.51. The van der Waals surface area contributed by atoms with Crippen LogP contribution >= 0.6 is 34.8 Å². The molecule has 0 saturated carbocycles. The number of hydrogen-bond donors (Lipinski definition) is 1. The average molecular weight is 603 g/mol. The van der Waals surface area contributed by atoms with Gasteiger partial charge in [-0.2, -0.15) is 13.2 Å². The fourth-order valence-corrected chi connectivity index (χ4v) is 4.70. The first kappa shape index (κ1) is 31.0. The highest BCUT2D eigenvalue weighted by atomic mass is 35.5. The van der Waals surface area contributed by atoms with Crippen LogP contribution < -0.4 is 9.62 Å². The number of carbonyl (C=O) groups is 2. The molecule has 1 atom stereocenters. The normalized spacial score (nSPS) is 12.7. The van der Waals surface area contributed by atoms with E-state index < -0.39 is 56.9 Å². The van der Waals surface area contributed by atoms with Crippen molar-refractivity contribution in [1.82, 2.24) is 10.2 Å². The zero-order valence-electron chi connectivity index (χ0n) is 20.1. The third-order valence-corrected chi connectivity index (χ3v) is 7.49. The molecule has 0 aliphatic carbocycles. The number of amides is 2. The van der Waals surface area contributed by atoms with E-state index in [1.54, 1.807) is 6.07 Å².